The highest BCUT2D eigenvalue weighted by atomic mass is 16.5. The quantitative estimate of drug-likeness (QED) is 0.857. The second-order valence-corrected chi connectivity index (χ2v) is 4.42. The van der Waals surface area contributed by atoms with Gasteiger partial charge < -0.3 is 19.7 Å². The van der Waals surface area contributed by atoms with Gasteiger partial charge in [-0.3, -0.25) is 0 Å². The number of nitrogens with zero attached hydrogens (tertiary/aromatic N) is 1. The van der Waals surface area contributed by atoms with Crippen molar-refractivity contribution in [2.45, 2.75) is 13.0 Å². The number of likely N-dealkylation sites (N-methyl/N-ethyl adjacent to an activating group) is 1. The Morgan fingerprint density at radius 3 is 2.29 bits per heavy atom. The molecule has 0 amide bonds. The number of nitrogens with one attached hydrogen (secondary N) is 1. The van der Waals surface area contributed by atoms with Crippen LogP contribution in [-0.2, 0) is 0 Å². The van der Waals surface area contributed by atoms with Crippen molar-refractivity contribution < 1.29 is 9.47 Å². The molecule has 0 unspecified atom stereocenters. The molecule has 17 heavy (non-hydrogen) atoms. The van der Waals surface area contributed by atoms with E-state index in [0.29, 0.717) is 6.04 Å². The predicted molar refractivity (Wildman–Crippen MR) is 69.3 cm³/mol. The van der Waals surface area contributed by atoms with Gasteiger partial charge in [0.2, 0.25) is 0 Å². The number of hydrogen-bond donors (Lipinski definition) is 1. The lowest BCUT2D eigenvalue weighted by Gasteiger charge is -2.37. The van der Waals surface area contributed by atoms with Gasteiger partial charge in [0.25, 0.3) is 0 Å². The van der Waals surface area contributed by atoms with Crippen molar-refractivity contribution in [3.05, 3.63) is 17.7 Å². The Morgan fingerprint density at radius 2 is 1.82 bits per heavy atom. The monoisotopic (exact) mass is 236 g/mol. The molecule has 1 aromatic rings. The number of rotatable bonds is 4. The van der Waals surface area contributed by atoms with Crippen molar-refractivity contribution in [3.8, 4) is 11.5 Å². The molecular weight excluding hydrogens is 216 g/mol. The zero-order chi connectivity index (χ0) is 12.4. The molecule has 1 fully saturated rings. The van der Waals surface area contributed by atoms with E-state index in [2.05, 4.69) is 17.3 Å². The van der Waals surface area contributed by atoms with E-state index >= 15 is 0 Å². The van der Waals surface area contributed by atoms with E-state index in [1.165, 1.54) is 0 Å². The summed E-state index contributed by atoms with van der Waals surface area (Å²) >= 11 is 0. The van der Waals surface area contributed by atoms with Crippen LogP contribution in [-0.4, -0.2) is 40.4 Å². The summed E-state index contributed by atoms with van der Waals surface area (Å²) in [6, 6.07) is 4.61. The number of methoxy groups -OCH3 is 2. The molecule has 0 atom stereocenters. The molecule has 2 rings (SSSR count). The first-order valence-corrected chi connectivity index (χ1v) is 5.83. The minimum Gasteiger partial charge on any atom is -0.496 e. The van der Waals surface area contributed by atoms with Gasteiger partial charge in [0.1, 0.15) is 11.5 Å². The van der Waals surface area contributed by atoms with Gasteiger partial charge in [-0.1, -0.05) is 0 Å². The third-order valence-corrected chi connectivity index (χ3v) is 3.38. The molecule has 94 valence electrons. The van der Waals surface area contributed by atoms with Crippen molar-refractivity contribution in [1.29, 1.82) is 0 Å². The van der Waals surface area contributed by atoms with Crippen molar-refractivity contribution in [3.63, 3.8) is 0 Å². The Balaban J connectivity index is 2.35. The molecule has 1 aliphatic heterocycles. The lowest BCUT2D eigenvalue weighted by atomic mass is 10.1. The lowest BCUT2D eigenvalue weighted by Crippen LogP contribution is -2.56. The largest absolute Gasteiger partial charge is 0.496 e. The Kier molecular flexibility index (Phi) is 3.43. The van der Waals surface area contributed by atoms with Crippen molar-refractivity contribution in [1.82, 2.24) is 5.32 Å². The third-order valence-electron chi connectivity index (χ3n) is 3.38. The van der Waals surface area contributed by atoms with Crippen molar-refractivity contribution >= 4 is 5.69 Å². The van der Waals surface area contributed by atoms with E-state index in [1.54, 1.807) is 14.2 Å². The average Bonchev–Trinajstić information content (AvgIpc) is 2.26. The SMILES string of the molecule is COc1cc(N(C)C2CNC2)c(OC)cc1C. The highest BCUT2D eigenvalue weighted by Crippen LogP contribution is 2.35. The first-order valence-electron chi connectivity index (χ1n) is 5.83. The van der Waals surface area contributed by atoms with Crippen LogP contribution >= 0.6 is 0 Å². The van der Waals surface area contributed by atoms with E-state index in [1.807, 2.05) is 19.1 Å². The number of benzene rings is 1. The van der Waals surface area contributed by atoms with Crippen LogP contribution in [0.4, 0.5) is 5.69 Å². The van der Waals surface area contributed by atoms with Gasteiger partial charge >= 0.3 is 0 Å². The summed E-state index contributed by atoms with van der Waals surface area (Å²) in [5.41, 5.74) is 2.18. The first kappa shape index (κ1) is 12.0. The van der Waals surface area contributed by atoms with Gasteiger partial charge in [-0.15, -0.1) is 0 Å². The summed E-state index contributed by atoms with van der Waals surface area (Å²) in [5.74, 6) is 1.80. The molecule has 0 bridgehead atoms. The van der Waals surface area contributed by atoms with E-state index in [0.717, 1.165) is 35.8 Å². The number of hydrogen-bond acceptors (Lipinski definition) is 4. The summed E-state index contributed by atoms with van der Waals surface area (Å²) in [6.07, 6.45) is 0. The molecule has 0 saturated carbocycles. The molecule has 1 saturated heterocycles. The van der Waals surface area contributed by atoms with Gasteiger partial charge in [0, 0.05) is 26.2 Å². The zero-order valence-corrected chi connectivity index (χ0v) is 10.9. The van der Waals surface area contributed by atoms with Crippen LogP contribution in [0.25, 0.3) is 0 Å². The predicted octanol–water partition coefficient (Wildman–Crippen LogP) is 1.42. The third kappa shape index (κ3) is 2.17. The standard InChI is InChI=1S/C13H20N2O2/c1-9-5-13(17-4)11(6-12(9)16-3)15(2)10-7-14-8-10/h5-6,10,14H,7-8H2,1-4H3. The zero-order valence-electron chi connectivity index (χ0n) is 10.9. The summed E-state index contributed by atoms with van der Waals surface area (Å²) in [4.78, 5) is 2.25. The van der Waals surface area contributed by atoms with Crippen LogP contribution in [0.15, 0.2) is 12.1 Å². The Bertz CT molecular complexity index is 403. The van der Waals surface area contributed by atoms with Crippen LogP contribution in [0.3, 0.4) is 0 Å². The van der Waals surface area contributed by atoms with Crippen LogP contribution in [0, 0.1) is 6.92 Å². The smallest absolute Gasteiger partial charge is 0.142 e. The van der Waals surface area contributed by atoms with E-state index in [4.69, 9.17) is 9.47 Å². The maximum absolute atomic E-state index is 5.45. The highest BCUT2D eigenvalue weighted by molar-refractivity contribution is 5.64. The minimum atomic E-state index is 0.538. The Morgan fingerprint density at radius 1 is 1.18 bits per heavy atom. The van der Waals surface area contributed by atoms with Gasteiger partial charge in [-0.25, -0.2) is 0 Å². The summed E-state index contributed by atoms with van der Waals surface area (Å²) in [5, 5.41) is 3.28. The molecule has 1 N–H and O–H groups in total. The molecule has 0 spiro atoms. The van der Waals surface area contributed by atoms with Crippen molar-refractivity contribution in [2.75, 3.05) is 39.3 Å². The molecule has 1 aromatic carbocycles. The highest BCUT2D eigenvalue weighted by Gasteiger charge is 2.24. The Hall–Kier alpha value is -1.42. The topological polar surface area (TPSA) is 33.7 Å². The maximum atomic E-state index is 5.45. The molecule has 0 radical (unpaired) electrons. The van der Waals surface area contributed by atoms with Gasteiger partial charge in [-0.2, -0.15) is 0 Å². The normalized spacial score (nSPS) is 15.3. The van der Waals surface area contributed by atoms with Gasteiger partial charge in [-0.05, 0) is 18.6 Å². The van der Waals surface area contributed by atoms with Crippen LogP contribution in [0.2, 0.25) is 0 Å². The molecule has 4 heteroatoms. The molecule has 0 aromatic heterocycles. The fourth-order valence-corrected chi connectivity index (χ4v) is 2.05. The minimum absolute atomic E-state index is 0.538. The summed E-state index contributed by atoms with van der Waals surface area (Å²) in [6.45, 7) is 4.07. The molecule has 1 aliphatic rings. The second-order valence-electron chi connectivity index (χ2n) is 4.42. The first-order chi connectivity index (χ1) is 8.17. The number of ether oxygens (including phenoxy) is 2. The molecule has 1 heterocycles. The van der Waals surface area contributed by atoms with Crippen LogP contribution < -0.4 is 19.7 Å². The average molecular weight is 236 g/mol. The van der Waals surface area contributed by atoms with Gasteiger partial charge in [0.15, 0.2) is 0 Å². The fourth-order valence-electron chi connectivity index (χ4n) is 2.05. The van der Waals surface area contributed by atoms with Crippen LogP contribution in [0.5, 0.6) is 11.5 Å². The molecular formula is C13H20N2O2. The van der Waals surface area contributed by atoms with E-state index in [-0.39, 0.29) is 0 Å². The van der Waals surface area contributed by atoms with Crippen molar-refractivity contribution in [2.24, 2.45) is 0 Å². The molecule has 0 aliphatic carbocycles. The molecule has 4 nitrogen and oxygen atoms in total. The maximum Gasteiger partial charge on any atom is 0.142 e. The number of aryl methyl sites for hydroxylation is 1. The van der Waals surface area contributed by atoms with E-state index in [9.17, 15) is 0 Å². The lowest BCUT2D eigenvalue weighted by molar-refractivity contribution is 0.391. The van der Waals surface area contributed by atoms with E-state index < -0.39 is 0 Å². The number of anilines is 1. The summed E-state index contributed by atoms with van der Waals surface area (Å²) < 4.78 is 10.8. The van der Waals surface area contributed by atoms with Crippen LogP contribution in [0.1, 0.15) is 5.56 Å². The second kappa shape index (κ2) is 4.84. The Labute approximate surface area is 103 Å². The fraction of sp³-hybridized carbons (Fsp3) is 0.538. The summed E-state index contributed by atoms with van der Waals surface area (Å²) in [7, 11) is 5.50. The van der Waals surface area contributed by atoms with Gasteiger partial charge in [0.05, 0.1) is 25.9 Å².